The van der Waals surface area contributed by atoms with Crippen LogP contribution in [0, 0.1) is 6.92 Å². The number of rotatable bonds is 6. The molecule has 7 nitrogen and oxygen atoms in total. The molecule has 1 aromatic heterocycles. The number of hydrogen-bond acceptors (Lipinski definition) is 5. The molecule has 1 aliphatic heterocycles. The molecule has 35 heavy (non-hydrogen) atoms. The molecule has 3 N–H and O–H groups in total. The first kappa shape index (κ1) is 24.0. The Kier molecular flexibility index (Phi) is 6.93. The Bertz CT molecular complexity index is 1060. The van der Waals surface area contributed by atoms with Gasteiger partial charge in [0.15, 0.2) is 0 Å². The van der Waals surface area contributed by atoms with Gasteiger partial charge in [-0.2, -0.15) is 0 Å². The van der Waals surface area contributed by atoms with E-state index < -0.39 is 6.04 Å². The number of nitrogens with two attached hydrogens (primary N) is 1. The zero-order valence-corrected chi connectivity index (χ0v) is 21.0. The summed E-state index contributed by atoms with van der Waals surface area (Å²) in [5.41, 5.74) is 7.68. The molecule has 3 aliphatic rings. The molecule has 8 heteroatoms. The van der Waals surface area contributed by atoms with Crippen LogP contribution in [0.2, 0.25) is 0 Å². The number of benzene rings is 1. The standard InChI is InChI=1S/C27H34N4O3S/c1-17-4-6-18(7-5-17)26(33)30-16-22(31(21-12-13-21)27(34)24-3-2-14-35-24)15-23(30)25(32)29-20-10-8-19(28)9-11-20/h2-7,14,19-23H,8-13,15-16,28H2,1H3,(H,29,32). The van der Waals surface area contributed by atoms with Crippen molar-refractivity contribution in [2.45, 2.75) is 82.1 Å². The Morgan fingerprint density at radius 3 is 2.34 bits per heavy atom. The van der Waals surface area contributed by atoms with Gasteiger partial charge in [-0.25, -0.2) is 0 Å². The third kappa shape index (κ3) is 5.28. The number of carbonyl (C=O) groups is 3. The second kappa shape index (κ2) is 10.1. The number of nitrogens with one attached hydrogen (secondary N) is 1. The molecule has 2 aliphatic carbocycles. The van der Waals surface area contributed by atoms with Crippen LogP contribution in [0.4, 0.5) is 0 Å². The molecular weight excluding hydrogens is 460 g/mol. The van der Waals surface area contributed by atoms with Gasteiger partial charge in [-0.3, -0.25) is 14.4 Å². The zero-order chi connectivity index (χ0) is 24.5. The minimum atomic E-state index is -0.596. The molecule has 3 amide bonds. The van der Waals surface area contributed by atoms with Gasteiger partial charge in [0.05, 0.1) is 10.9 Å². The van der Waals surface area contributed by atoms with E-state index in [4.69, 9.17) is 5.73 Å². The highest BCUT2D eigenvalue weighted by Crippen LogP contribution is 2.36. The first-order valence-corrected chi connectivity index (χ1v) is 13.6. The summed E-state index contributed by atoms with van der Waals surface area (Å²) in [4.78, 5) is 44.9. The Hall–Kier alpha value is -2.71. The predicted octanol–water partition coefficient (Wildman–Crippen LogP) is 3.33. The highest BCUT2D eigenvalue weighted by Gasteiger charge is 2.47. The van der Waals surface area contributed by atoms with Crippen LogP contribution in [0.5, 0.6) is 0 Å². The smallest absolute Gasteiger partial charge is 0.264 e. The molecule has 2 heterocycles. The van der Waals surface area contributed by atoms with E-state index in [9.17, 15) is 14.4 Å². The molecule has 186 valence electrons. The Morgan fingerprint density at radius 2 is 1.71 bits per heavy atom. The number of likely N-dealkylation sites (tertiary alicyclic amines) is 1. The molecule has 3 fully saturated rings. The summed E-state index contributed by atoms with van der Waals surface area (Å²) in [5, 5.41) is 5.11. The number of thiophene rings is 1. The van der Waals surface area contributed by atoms with E-state index in [1.165, 1.54) is 11.3 Å². The third-order valence-electron chi connectivity index (χ3n) is 7.56. The van der Waals surface area contributed by atoms with Crippen molar-refractivity contribution in [1.82, 2.24) is 15.1 Å². The molecule has 1 saturated heterocycles. The lowest BCUT2D eigenvalue weighted by atomic mass is 9.91. The summed E-state index contributed by atoms with van der Waals surface area (Å²) in [6.45, 7) is 2.35. The van der Waals surface area contributed by atoms with E-state index in [1.807, 2.05) is 53.6 Å². The van der Waals surface area contributed by atoms with Crippen molar-refractivity contribution in [2.75, 3.05) is 6.54 Å². The lowest BCUT2D eigenvalue weighted by Gasteiger charge is -2.30. The van der Waals surface area contributed by atoms with Crippen molar-refractivity contribution in [1.29, 1.82) is 0 Å². The monoisotopic (exact) mass is 494 g/mol. The Labute approximate surface area is 210 Å². The molecule has 0 bridgehead atoms. The molecule has 0 radical (unpaired) electrons. The number of hydrogen-bond donors (Lipinski definition) is 2. The molecular formula is C27H34N4O3S. The van der Waals surface area contributed by atoms with Crippen LogP contribution in [0.1, 0.15) is 70.5 Å². The molecule has 0 spiro atoms. The van der Waals surface area contributed by atoms with Crippen LogP contribution in [0.25, 0.3) is 0 Å². The van der Waals surface area contributed by atoms with E-state index in [2.05, 4.69) is 5.32 Å². The van der Waals surface area contributed by atoms with Crippen LogP contribution < -0.4 is 11.1 Å². The van der Waals surface area contributed by atoms with Gasteiger partial charge in [-0.05, 0) is 75.4 Å². The lowest BCUT2D eigenvalue weighted by molar-refractivity contribution is -0.125. The molecule has 2 aromatic rings. The van der Waals surface area contributed by atoms with Crippen molar-refractivity contribution in [3.8, 4) is 0 Å². The Morgan fingerprint density at radius 1 is 1.00 bits per heavy atom. The van der Waals surface area contributed by atoms with Crippen molar-refractivity contribution in [2.24, 2.45) is 5.73 Å². The predicted molar refractivity (Wildman–Crippen MR) is 136 cm³/mol. The van der Waals surface area contributed by atoms with E-state index in [-0.39, 0.29) is 41.9 Å². The number of carbonyl (C=O) groups excluding carboxylic acids is 3. The Balaban J connectivity index is 1.38. The second-order valence-corrected chi connectivity index (χ2v) is 11.2. The fourth-order valence-corrected chi connectivity index (χ4v) is 6.09. The van der Waals surface area contributed by atoms with Crippen molar-refractivity contribution >= 4 is 29.1 Å². The van der Waals surface area contributed by atoms with Crippen molar-refractivity contribution in [3.63, 3.8) is 0 Å². The summed E-state index contributed by atoms with van der Waals surface area (Å²) in [6.07, 6.45) is 5.92. The van der Waals surface area contributed by atoms with E-state index >= 15 is 0 Å². The first-order valence-electron chi connectivity index (χ1n) is 12.7. The quantitative estimate of drug-likeness (QED) is 0.644. The highest BCUT2D eigenvalue weighted by molar-refractivity contribution is 7.12. The molecule has 1 aromatic carbocycles. The molecule has 5 rings (SSSR count). The van der Waals surface area contributed by atoms with Crippen LogP contribution in [-0.4, -0.2) is 64.3 Å². The van der Waals surface area contributed by atoms with E-state index in [1.54, 1.807) is 4.90 Å². The van der Waals surface area contributed by atoms with Gasteiger partial charge in [0.25, 0.3) is 11.8 Å². The van der Waals surface area contributed by atoms with Gasteiger partial charge in [-0.1, -0.05) is 23.8 Å². The van der Waals surface area contributed by atoms with Gasteiger partial charge < -0.3 is 20.9 Å². The van der Waals surface area contributed by atoms with Crippen LogP contribution in [0.15, 0.2) is 41.8 Å². The third-order valence-corrected chi connectivity index (χ3v) is 8.42. The number of amides is 3. The van der Waals surface area contributed by atoms with Crippen molar-refractivity contribution < 1.29 is 14.4 Å². The summed E-state index contributed by atoms with van der Waals surface area (Å²) >= 11 is 1.44. The van der Waals surface area contributed by atoms with Crippen molar-refractivity contribution in [3.05, 3.63) is 57.8 Å². The second-order valence-electron chi connectivity index (χ2n) is 10.3. The van der Waals surface area contributed by atoms with Gasteiger partial charge in [0.1, 0.15) is 6.04 Å². The molecule has 2 unspecified atom stereocenters. The summed E-state index contributed by atoms with van der Waals surface area (Å²) in [5.74, 6) is -0.261. The topological polar surface area (TPSA) is 95.7 Å². The highest BCUT2D eigenvalue weighted by atomic mass is 32.1. The minimum Gasteiger partial charge on any atom is -0.352 e. The fourth-order valence-electron chi connectivity index (χ4n) is 5.42. The van der Waals surface area contributed by atoms with Crippen LogP contribution >= 0.6 is 11.3 Å². The number of nitrogens with zero attached hydrogens (tertiary/aromatic N) is 2. The average molecular weight is 495 g/mol. The lowest BCUT2D eigenvalue weighted by Crippen LogP contribution is -2.50. The zero-order valence-electron chi connectivity index (χ0n) is 20.2. The summed E-state index contributed by atoms with van der Waals surface area (Å²) < 4.78 is 0. The summed E-state index contributed by atoms with van der Waals surface area (Å²) in [6, 6.07) is 10.9. The fraction of sp³-hybridized carbons (Fsp3) is 0.519. The first-order chi connectivity index (χ1) is 16.9. The van der Waals surface area contributed by atoms with Crippen LogP contribution in [0.3, 0.4) is 0 Å². The molecule has 2 saturated carbocycles. The van der Waals surface area contributed by atoms with Gasteiger partial charge in [-0.15, -0.1) is 11.3 Å². The maximum absolute atomic E-state index is 13.6. The van der Waals surface area contributed by atoms with Crippen LogP contribution in [-0.2, 0) is 4.79 Å². The average Bonchev–Trinajstić information content (AvgIpc) is 3.34. The maximum atomic E-state index is 13.6. The normalized spacial score (nSPS) is 26.4. The minimum absolute atomic E-state index is 0.0116. The van der Waals surface area contributed by atoms with Gasteiger partial charge in [0, 0.05) is 30.2 Å². The van der Waals surface area contributed by atoms with E-state index in [0.717, 1.165) is 44.1 Å². The molecule has 2 atom stereocenters. The number of aryl methyl sites for hydroxylation is 1. The SMILES string of the molecule is Cc1ccc(C(=O)N2CC(N(C(=O)c3cccs3)C3CC3)CC2C(=O)NC2CCC(N)CC2)cc1. The summed E-state index contributed by atoms with van der Waals surface area (Å²) in [7, 11) is 0. The van der Waals surface area contributed by atoms with E-state index in [0.29, 0.717) is 23.4 Å². The maximum Gasteiger partial charge on any atom is 0.264 e. The largest absolute Gasteiger partial charge is 0.352 e. The van der Waals surface area contributed by atoms with Gasteiger partial charge >= 0.3 is 0 Å². The van der Waals surface area contributed by atoms with Gasteiger partial charge in [0.2, 0.25) is 5.91 Å².